The van der Waals surface area contributed by atoms with Crippen LogP contribution >= 0.6 is 0 Å². The van der Waals surface area contributed by atoms with Crippen LogP contribution in [0.25, 0.3) is 0 Å². The number of hydrogen-bond acceptors (Lipinski definition) is 4. The number of carboxylic acid groups (broad SMARTS) is 1. The number of ether oxygens (including phenoxy) is 1. The topological polar surface area (TPSA) is 75.6 Å². The lowest BCUT2D eigenvalue weighted by Crippen LogP contribution is -2.47. The highest BCUT2D eigenvalue weighted by Gasteiger charge is 2.23. The Bertz CT molecular complexity index is 245. The van der Waals surface area contributed by atoms with E-state index in [0.717, 1.165) is 0 Å². The standard InChI is InChI=1S/C11H21NO4/c1-5-16-9(13)7-6-8(10(14)15)12-11(2,3)4/h8,12H,5-7H2,1-4H3,(H,14,15)/t8-/m1/s1. The van der Waals surface area contributed by atoms with Gasteiger partial charge in [-0.15, -0.1) is 0 Å². The van der Waals surface area contributed by atoms with Gasteiger partial charge in [-0.05, 0) is 34.1 Å². The van der Waals surface area contributed by atoms with Crippen LogP contribution in [0.4, 0.5) is 0 Å². The highest BCUT2D eigenvalue weighted by molar-refractivity contribution is 5.75. The number of aliphatic carboxylic acids is 1. The second-order valence-electron chi connectivity index (χ2n) is 4.63. The second-order valence-corrected chi connectivity index (χ2v) is 4.63. The van der Waals surface area contributed by atoms with E-state index in [2.05, 4.69) is 5.32 Å². The van der Waals surface area contributed by atoms with Crippen molar-refractivity contribution in [2.75, 3.05) is 6.61 Å². The summed E-state index contributed by atoms with van der Waals surface area (Å²) in [5.41, 5.74) is -0.294. The van der Waals surface area contributed by atoms with Gasteiger partial charge in [0.15, 0.2) is 0 Å². The van der Waals surface area contributed by atoms with Crippen LogP contribution in [0.5, 0.6) is 0 Å². The van der Waals surface area contributed by atoms with Gasteiger partial charge in [0.2, 0.25) is 0 Å². The molecule has 0 radical (unpaired) electrons. The molecule has 0 aromatic rings. The van der Waals surface area contributed by atoms with E-state index in [1.54, 1.807) is 6.92 Å². The lowest BCUT2D eigenvalue weighted by atomic mass is 10.0. The van der Waals surface area contributed by atoms with Crippen molar-refractivity contribution in [1.82, 2.24) is 5.32 Å². The van der Waals surface area contributed by atoms with Gasteiger partial charge in [-0.25, -0.2) is 0 Å². The molecular weight excluding hydrogens is 210 g/mol. The van der Waals surface area contributed by atoms with Crippen molar-refractivity contribution < 1.29 is 19.4 Å². The molecule has 5 heteroatoms. The minimum atomic E-state index is -0.945. The first-order valence-electron chi connectivity index (χ1n) is 5.42. The third-order valence-corrected chi connectivity index (χ3v) is 1.85. The summed E-state index contributed by atoms with van der Waals surface area (Å²) in [6.07, 6.45) is 0.360. The minimum absolute atomic E-state index is 0.119. The molecule has 5 nitrogen and oxygen atoms in total. The van der Waals surface area contributed by atoms with Crippen LogP contribution in [-0.2, 0) is 14.3 Å². The van der Waals surface area contributed by atoms with Crippen molar-refractivity contribution >= 4 is 11.9 Å². The van der Waals surface area contributed by atoms with Crippen LogP contribution in [0.2, 0.25) is 0 Å². The fourth-order valence-corrected chi connectivity index (χ4v) is 1.28. The number of hydrogen-bond donors (Lipinski definition) is 2. The van der Waals surface area contributed by atoms with Crippen LogP contribution in [-0.4, -0.2) is 35.2 Å². The van der Waals surface area contributed by atoms with Crippen molar-refractivity contribution in [1.29, 1.82) is 0 Å². The molecule has 0 aliphatic carbocycles. The van der Waals surface area contributed by atoms with Crippen LogP contribution in [0.1, 0.15) is 40.5 Å². The summed E-state index contributed by atoms with van der Waals surface area (Å²) >= 11 is 0. The maximum Gasteiger partial charge on any atom is 0.320 e. The SMILES string of the molecule is CCOC(=O)CC[C@@H](NC(C)(C)C)C(=O)O. The molecule has 1 atom stereocenters. The van der Waals surface area contributed by atoms with Gasteiger partial charge in [0, 0.05) is 12.0 Å². The number of nitrogens with one attached hydrogen (secondary N) is 1. The quantitative estimate of drug-likeness (QED) is 0.671. The van der Waals surface area contributed by atoms with Gasteiger partial charge in [0.25, 0.3) is 0 Å². The highest BCUT2D eigenvalue weighted by atomic mass is 16.5. The molecule has 0 bridgehead atoms. The Morgan fingerprint density at radius 2 is 1.94 bits per heavy atom. The molecular formula is C11H21NO4. The van der Waals surface area contributed by atoms with Crippen molar-refractivity contribution in [2.24, 2.45) is 0 Å². The molecule has 0 saturated carbocycles. The van der Waals surface area contributed by atoms with Crippen LogP contribution in [0.15, 0.2) is 0 Å². The molecule has 0 aliphatic heterocycles. The smallest absolute Gasteiger partial charge is 0.320 e. The zero-order valence-electron chi connectivity index (χ0n) is 10.4. The molecule has 0 saturated heterocycles. The molecule has 0 aliphatic rings. The molecule has 0 heterocycles. The number of esters is 1. The summed E-state index contributed by atoms with van der Waals surface area (Å²) in [6.45, 7) is 7.69. The van der Waals surface area contributed by atoms with Gasteiger partial charge in [0.05, 0.1) is 6.61 Å². The average molecular weight is 231 g/mol. The maximum absolute atomic E-state index is 11.1. The third-order valence-electron chi connectivity index (χ3n) is 1.85. The Balaban J connectivity index is 4.15. The first-order chi connectivity index (χ1) is 7.26. The van der Waals surface area contributed by atoms with E-state index in [1.807, 2.05) is 20.8 Å². The highest BCUT2D eigenvalue weighted by Crippen LogP contribution is 2.07. The largest absolute Gasteiger partial charge is 0.480 e. The van der Waals surface area contributed by atoms with Gasteiger partial charge in [-0.2, -0.15) is 0 Å². The maximum atomic E-state index is 11.1. The van der Waals surface area contributed by atoms with Gasteiger partial charge >= 0.3 is 11.9 Å². The Kier molecular flexibility index (Phi) is 6.03. The molecule has 16 heavy (non-hydrogen) atoms. The van der Waals surface area contributed by atoms with Crippen molar-refractivity contribution in [2.45, 2.75) is 52.1 Å². The molecule has 0 amide bonds. The molecule has 0 fully saturated rings. The molecule has 0 unspecified atom stereocenters. The van der Waals surface area contributed by atoms with Gasteiger partial charge in [0.1, 0.15) is 6.04 Å². The predicted molar refractivity (Wildman–Crippen MR) is 60.2 cm³/mol. The first kappa shape index (κ1) is 14.9. The molecule has 0 spiro atoms. The van der Waals surface area contributed by atoms with Gasteiger partial charge < -0.3 is 9.84 Å². The Morgan fingerprint density at radius 1 is 1.38 bits per heavy atom. The number of carbonyl (C=O) groups excluding carboxylic acids is 1. The lowest BCUT2D eigenvalue weighted by molar-refractivity contribution is -0.144. The van der Waals surface area contributed by atoms with E-state index in [9.17, 15) is 9.59 Å². The van der Waals surface area contributed by atoms with E-state index in [4.69, 9.17) is 9.84 Å². The van der Waals surface area contributed by atoms with E-state index in [0.29, 0.717) is 6.61 Å². The van der Waals surface area contributed by atoms with Crippen molar-refractivity contribution in [3.63, 3.8) is 0 Å². The van der Waals surface area contributed by atoms with Crippen molar-refractivity contribution in [3.05, 3.63) is 0 Å². The van der Waals surface area contributed by atoms with E-state index in [1.165, 1.54) is 0 Å². The molecule has 2 N–H and O–H groups in total. The molecule has 94 valence electrons. The van der Waals surface area contributed by atoms with Gasteiger partial charge in [-0.3, -0.25) is 14.9 Å². The summed E-state index contributed by atoms with van der Waals surface area (Å²) in [4.78, 5) is 22.0. The Hall–Kier alpha value is -1.10. The normalized spacial score (nSPS) is 13.2. The Morgan fingerprint density at radius 3 is 2.31 bits per heavy atom. The van der Waals surface area contributed by atoms with Crippen LogP contribution in [0, 0.1) is 0 Å². The number of rotatable bonds is 6. The van der Waals surface area contributed by atoms with Gasteiger partial charge in [-0.1, -0.05) is 0 Å². The van der Waals surface area contributed by atoms with Crippen LogP contribution in [0.3, 0.4) is 0 Å². The summed E-state index contributed by atoms with van der Waals surface area (Å²) in [5.74, 6) is -1.30. The Labute approximate surface area is 96.2 Å². The monoisotopic (exact) mass is 231 g/mol. The fraction of sp³-hybridized carbons (Fsp3) is 0.818. The second kappa shape index (κ2) is 6.48. The third kappa shape index (κ3) is 7.23. The summed E-state index contributed by atoms with van der Waals surface area (Å²) in [7, 11) is 0. The number of carbonyl (C=O) groups is 2. The molecule has 0 aromatic heterocycles. The number of carboxylic acids is 1. The lowest BCUT2D eigenvalue weighted by Gasteiger charge is -2.25. The first-order valence-corrected chi connectivity index (χ1v) is 5.42. The molecule has 0 aromatic carbocycles. The summed E-state index contributed by atoms with van der Waals surface area (Å²) in [5, 5.41) is 11.9. The fourth-order valence-electron chi connectivity index (χ4n) is 1.28. The van der Waals surface area contributed by atoms with Crippen molar-refractivity contribution in [3.8, 4) is 0 Å². The van der Waals surface area contributed by atoms with E-state index >= 15 is 0 Å². The summed E-state index contributed by atoms with van der Waals surface area (Å²) < 4.78 is 4.74. The minimum Gasteiger partial charge on any atom is -0.480 e. The zero-order chi connectivity index (χ0) is 12.8. The predicted octanol–water partition coefficient (Wildman–Crippen LogP) is 1.17. The zero-order valence-corrected chi connectivity index (χ0v) is 10.4. The summed E-state index contributed by atoms with van der Waals surface area (Å²) in [6, 6.07) is -0.718. The van der Waals surface area contributed by atoms with Crippen LogP contribution < -0.4 is 5.32 Å². The molecule has 0 rings (SSSR count). The van der Waals surface area contributed by atoms with E-state index < -0.39 is 12.0 Å². The average Bonchev–Trinajstić information content (AvgIpc) is 2.10. The van der Waals surface area contributed by atoms with E-state index in [-0.39, 0.29) is 24.3 Å².